The van der Waals surface area contributed by atoms with Gasteiger partial charge in [-0.15, -0.1) is 10.2 Å². The van der Waals surface area contributed by atoms with Crippen LogP contribution in [-0.2, 0) is 0 Å². The van der Waals surface area contributed by atoms with Crippen molar-refractivity contribution in [2.24, 2.45) is 5.73 Å². The molecule has 6 nitrogen and oxygen atoms in total. The number of nitrogens with zero attached hydrogens (tertiary/aromatic N) is 2. The average molecular weight is 233 g/mol. The van der Waals surface area contributed by atoms with E-state index in [0.717, 1.165) is 11.4 Å². The first-order valence-electron chi connectivity index (χ1n) is 5.50. The zero-order chi connectivity index (χ0) is 12.4. The van der Waals surface area contributed by atoms with Gasteiger partial charge in [-0.2, -0.15) is 0 Å². The van der Waals surface area contributed by atoms with Gasteiger partial charge in [-0.25, -0.2) is 0 Å². The maximum Gasteiger partial charge on any atom is 0.274 e. The molecule has 2 aromatic rings. The highest BCUT2D eigenvalue weighted by atomic mass is 16.1. The Hall–Kier alpha value is -1.95. The van der Waals surface area contributed by atoms with Gasteiger partial charge in [-0.3, -0.25) is 4.79 Å². The van der Waals surface area contributed by atoms with Gasteiger partial charge in [0.05, 0.1) is 11.7 Å². The van der Waals surface area contributed by atoms with E-state index < -0.39 is 0 Å². The Morgan fingerprint density at radius 3 is 2.65 bits per heavy atom. The van der Waals surface area contributed by atoms with Gasteiger partial charge in [0.2, 0.25) is 0 Å². The predicted octanol–water partition coefficient (Wildman–Crippen LogP) is 0.878. The molecule has 2 rings (SSSR count). The Bertz CT molecular complexity index is 571. The molecule has 6 heteroatoms. The second-order valence-corrected chi connectivity index (χ2v) is 3.96. The molecule has 0 aliphatic carbocycles. The molecule has 2 aromatic heterocycles. The second-order valence-electron chi connectivity index (χ2n) is 3.96. The average Bonchev–Trinajstić information content (AvgIpc) is 2.75. The van der Waals surface area contributed by atoms with E-state index in [9.17, 15) is 4.79 Å². The van der Waals surface area contributed by atoms with Crippen molar-refractivity contribution >= 4 is 0 Å². The van der Waals surface area contributed by atoms with Crippen LogP contribution in [0, 0.1) is 6.92 Å². The van der Waals surface area contributed by atoms with Crippen LogP contribution in [0.25, 0.3) is 11.5 Å². The monoisotopic (exact) mass is 233 g/mol. The molecule has 1 unspecified atom stereocenters. The van der Waals surface area contributed by atoms with Crippen molar-refractivity contribution < 1.29 is 0 Å². The van der Waals surface area contributed by atoms with Crippen LogP contribution in [0.15, 0.2) is 16.9 Å². The summed E-state index contributed by atoms with van der Waals surface area (Å²) in [7, 11) is 0. The fraction of sp³-hybridized carbons (Fsp3) is 0.364. The van der Waals surface area contributed by atoms with E-state index in [1.807, 2.05) is 26.0 Å². The SMILES string of the molecule is CCC(N)c1nnc(-c2ccc(C)[nH]2)[nH]c1=O. The summed E-state index contributed by atoms with van der Waals surface area (Å²) in [6, 6.07) is 3.38. The number of aromatic nitrogens is 4. The summed E-state index contributed by atoms with van der Waals surface area (Å²) >= 11 is 0. The molecule has 90 valence electrons. The summed E-state index contributed by atoms with van der Waals surface area (Å²) < 4.78 is 0. The summed E-state index contributed by atoms with van der Waals surface area (Å²) in [5, 5.41) is 7.87. The van der Waals surface area contributed by atoms with Crippen LogP contribution in [0.1, 0.15) is 30.8 Å². The quantitative estimate of drug-likeness (QED) is 0.732. The molecule has 0 aliphatic heterocycles. The third-order valence-electron chi connectivity index (χ3n) is 2.60. The van der Waals surface area contributed by atoms with Crippen LogP contribution in [0.5, 0.6) is 0 Å². The van der Waals surface area contributed by atoms with Gasteiger partial charge in [-0.05, 0) is 25.5 Å². The van der Waals surface area contributed by atoms with Crippen LogP contribution >= 0.6 is 0 Å². The Balaban J connectivity index is 2.41. The van der Waals surface area contributed by atoms with Crippen LogP contribution < -0.4 is 11.3 Å². The first-order chi connectivity index (χ1) is 8.11. The zero-order valence-corrected chi connectivity index (χ0v) is 9.82. The molecular weight excluding hydrogens is 218 g/mol. The minimum absolute atomic E-state index is 0.277. The smallest absolute Gasteiger partial charge is 0.274 e. The number of rotatable bonds is 3. The third kappa shape index (κ3) is 2.26. The van der Waals surface area contributed by atoms with Crippen molar-refractivity contribution in [3.63, 3.8) is 0 Å². The topological polar surface area (TPSA) is 100 Å². The van der Waals surface area contributed by atoms with Crippen molar-refractivity contribution in [2.75, 3.05) is 0 Å². The van der Waals surface area contributed by atoms with E-state index in [-0.39, 0.29) is 17.3 Å². The molecular formula is C11H15N5O. The number of hydrogen-bond acceptors (Lipinski definition) is 4. The van der Waals surface area contributed by atoms with Crippen molar-refractivity contribution in [2.45, 2.75) is 26.3 Å². The Morgan fingerprint density at radius 1 is 1.35 bits per heavy atom. The van der Waals surface area contributed by atoms with Crippen LogP contribution in [-0.4, -0.2) is 20.2 Å². The molecule has 1 atom stereocenters. The third-order valence-corrected chi connectivity index (χ3v) is 2.60. The van der Waals surface area contributed by atoms with Crippen molar-refractivity contribution in [3.8, 4) is 11.5 Å². The molecule has 0 saturated carbocycles. The largest absolute Gasteiger partial charge is 0.356 e. The van der Waals surface area contributed by atoms with E-state index in [4.69, 9.17) is 5.73 Å². The minimum Gasteiger partial charge on any atom is -0.356 e. The highest BCUT2D eigenvalue weighted by molar-refractivity contribution is 5.49. The molecule has 0 radical (unpaired) electrons. The van der Waals surface area contributed by atoms with E-state index in [0.29, 0.717) is 12.2 Å². The number of nitrogens with one attached hydrogen (secondary N) is 2. The normalized spacial score (nSPS) is 12.6. The van der Waals surface area contributed by atoms with Gasteiger partial charge in [0, 0.05) is 5.69 Å². The number of hydrogen-bond donors (Lipinski definition) is 3. The van der Waals surface area contributed by atoms with Gasteiger partial charge >= 0.3 is 0 Å². The van der Waals surface area contributed by atoms with Gasteiger partial charge in [0.25, 0.3) is 5.56 Å². The van der Waals surface area contributed by atoms with Gasteiger partial charge in [0.1, 0.15) is 5.69 Å². The fourth-order valence-electron chi connectivity index (χ4n) is 1.55. The first-order valence-corrected chi connectivity index (χ1v) is 5.50. The van der Waals surface area contributed by atoms with Gasteiger partial charge < -0.3 is 15.7 Å². The molecule has 0 bridgehead atoms. The zero-order valence-electron chi connectivity index (χ0n) is 9.82. The number of H-pyrrole nitrogens is 2. The minimum atomic E-state index is -0.370. The lowest BCUT2D eigenvalue weighted by atomic mass is 10.2. The molecule has 0 spiro atoms. The molecule has 0 fully saturated rings. The molecule has 0 amide bonds. The lowest BCUT2D eigenvalue weighted by Crippen LogP contribution is -2.25. The maximum atomic E-state index is 11.8. The van der Waals surface area contributed by atoms with E-state index in [1.165, 1.54) is 0 Å². The standard InChI is InChI=1S/C11H15N5O/c1-3-7(12)9-11(17)14-10(16-15-9)8-5-4-6(2)13-8/h4-5,7,13H,3,12H2,1-2H3,(H,14,16,17). The maximum absolute atomic E-state index is 11.8. The molecule has 2 heterocycles. The number of aryl methyl sites for hydroxylation is 1. The summed E-state index contributed by atoms with van der Waals surface area (Å²) in [4.78, 5) is 17.5. The van der Waals surface area contributed by atoms with Crippen LogP contribution in [0.2, 0.25) is 0 Å². The van der Waals surface area contributed by atoms with Crippen molar-refractivity contribution in [1.29, 1.82) is 0 Å². The molecule has 4 N–H and O–H groups in total. The molecule has 17 heavy (non-hydrogen) atoms. The van der Waals surface area contributed by atoms with Crippen molar-refractivity contribution in [1.82, 2.24) is 20.2 Å². The fourth-order valence-corrected chi connectivity index (χ4v) is 1.55. The highest BCUT2D eigenvalue weighted by Gasteiger charge is 2.12. The Labute approximate surface area is 98.3 Å². The first kappa shape index (κ1) is 11.5. The molecule has 0 aromatic carbocycles. The van der Waals surface area contributed by atoms with Crippen molar-refractivity contribution in [3.05, 3.63) is 33.9 Å². The lowest BCUT2D eigenvalue weighted by Gasteiger charge is -2.06. The Morgan fingerprint density at radius 2 is 2.12 bits per heavy atom. The van der Waals surface area contributed by atoms with E-state index >= 15 is 0 Å². The predicted molar refractivity (Wildman–Crippen MR) is 64.4 cm³/mol. The van der Waals surface area contributed by atoms with Gasteiger partial charge in [-0.1, -0.05) is 6.92 Å². The summed E-state index contributed by atoms with van der Waals surface area (Å²) in [5.74, 6) is 0.426. The lowest BCUT2D eigenvalue weighted by molar-refractivity contribution is 0.645. The van der Waals surface area contributed by atoms with E-state index in [2.05, 4.69) is 20.2 Å². The summed E-state index contributed by atoms with van der Waals surface area (Å²) in [6.07, 6.45) is 0.652. The highest BCUT2D eigenvalue weighted by Crippen LogP contribution is 2.12. The van der Waals surface area contributed by atoms with E-state index in [1.54, 1.807) is 0 Å². The Kier molecular flexibility index (Phi) is 3.06. The summed E-state index contributed by atoms with van der Waals surface area (Å²) in [6.45, 7) is 3.82. The number of aromatic amines is 2. The van der Waals surface area contributed by atoms with Crippen LogP contribution in [0.4, 0.5) is 0 Å². The number of nitrogens with two attached hydrogens (primary N) is 1. The second kappa shape index (κ2) is 4.50. The van der Waals surface area contributed by atoms with Crippen LogP contribution in [0.3, 0.4) is 0 Å². The van der Waals surface area contributed by atoms with Gasteiger partial charge in [0.15, 0.2) is 5.82 Å². The summed E-state index contributed by atoms with van der Waals surface area (Å²) in [5.41, 5.74) is 7.49. The molecule has 0 aliphatic rings. The molecule has 0 saturated heterocycles.